The maximum absolute atomic E-state index is 12.7. The molecule has 0 bridgehead atoms. The molecule has 0 saturated heterocycles. The average Bonchev–Trinajstić information content (AvgIpc) is 2.03. The SMILES string of the molecule is Nc1cc(F)cc(C#CCC=O)c1. The molecule has 66 valence electrons. The maximum Gasteiger partial charge on any atom is 0.131 e. The zero-order valence-corrected chi connectivity index (χ0v) is 6.88. The van der Waals surface area contributed by atoms with Crippen LogP contribution < -0.4 is 5.73 Å². The number of hydrogen-bond donors (Lipinski definition) is 1. The predicted molar refractivity (Wildman–Crippen MR) is 48.4 cm³/mol. The van der Waals surface area contributed by atoms with Crippen LogP contribution in [-0.4, -0.2) is 6.29 Å². The van der Waals surface area contributed by atoms with Gasteiger partial charge in [-0.15, -0.1) is 0 Å². The van der Waals surface area contributed by atoms with E-state index in [2.05, 4.69) is 11.8 Å². The van der Waals surface area contributed by atoms with Crippen LogP contribution in [0.5, 0.6) is 0 Å². The Morgan fingerprint density at radius 3 is 2.85 bits per heavy atom. The molecule has 0 aliphatic rings. The average molecular weight is 177 g/mol. The number of carbonyl (C=O) groups excluding carboxylic acids is 1. The van der Waals surface area contributed by atoms with Crippen molar-refractivity contribution >= 4 is 12.0 Å². The molecule has 0 amide bonds. The van der Waals surface area contributed by atoms with E-state index in [1.807, 2.05) is 0 Å². The number of rotatable bonds is 1. The molecule has 0 fully saturated rings. The Kier molecular flexibility index (Phi) is 3.04. The molecule has 0 aliphatic heterocycles. The van der Waals surface area contributed by atoms with Crippen LogP contribution in [0.1, 0.15) is 12.0 Å². The van der Waals surface area contributed by atoms with Gasteiger partial charge in [0.15, 0.2) is 0 Å². The van der Waals surface area contributed by atoms with Gasteiger partial charge in [0.05, 0.1) is 6.42 Å². The van der Waals surface area contributed by atoms with Crippen LogP contribution in [0.3, 0.4) is 0 Å². The Morgan fingerprint density at radius 1 is 1.46 bits per heavy atom. The molecule has 13 heavy (non-hydrogen) atoms. The summed E-state index contributed by atoms with van der Waals surface area (Å²) < 4.78 is 12.7. The minimum Gasteiger partial charge on any atom is -0.399 e. The lowest BCUT2D eigenvalue weighted by Gasteiger charge is -1.94. The zero-order valence-electron chi connectivity index (χ0n) is 6.88. The number of anilines is 1. The molecule has 0 heterocycles. The van der Waals surface area contributed by atoms with E-state index in [4.69, 9.17) is 5.73 Å². The van der Waals surface area contributed by atoms with E-state index in [0.717, 1.165) is 0 Å². The fraction of sp³-hybridized carbons (Fsp3) is 0.100. The molecule has 2 N–H and O–H groups in total. The highest BCUT2D eigenvalue weighted by molar-refractivity contribution is 5.55. The van der Waals surface area contributed by atoms with Crippen molar-refractivity contribution in [3.8, 4) is 11.8 Å². The lowest BCUT2D eigenvalue weighted by molar-refractivity contribution is -0.107. The largest absolute Gasteiger partial charge is 0.399 e. The third-order valence-electron chi connectivity index (χ3n) is 1.34. The topological polar surface area (TPSA) is 43.1 Å². The first-order chi connectivity index (χ1) is 6.22. The highest BCUT2D eigenvalue weighted by atomic mass is 19.1. The van der Waals surface area contributed by atoms with Gasteiger partial charge in [-0.25, -0.2) is 4.39 Å². The van der Waals surface area contributed by atoms with E-state index in [1.54, 1.807) is 6.07 Å². The fourth-order valence-corrected chi connectivity index (χ4v) is 0.879. The van der Waals surface area contributed by atoms with Gasteiger partial charge >= 0.3 is 0 Å². The Balaban J connectivity index is 2.90. The summed E-state index contributed by atoms with van der Waals surface area (Å²) in [6, 6.07) is 4.04. The van der Waals surface area contributed by atoms with E-state index in [-0.39, 0.29) is 6.42 Å². The molecule has 0 spiro atoms. The molecule has 0 aromatic heterocycles. The molecule has 0 radical (unpaired) electrons. The minimum atomic E-state index is -0.421. The molecule has 0 aliphatic carbocycles. The van der Waals surface area contributed by atoms with Crippen LogP contribution >= 0.6 is 0 Å². The van der Waals surface area contributed by atoms with Gasteiger partial charge in [-0.1, -0.05) is 11.8 Å². The van der Waals surface area contributed by atoms with Crippen LogP contribution in [0.4, 0.5) is 10.1 Å². The summed E-state index contributed by atoms with van der Waals surface area (Å²) >= 11 is 0. The van der Waals surface area contributed by atoms with Gasteiger partial charge < -0.3 is 10.5 Å². The number of nitrogens with two attached hydrogens (primary N) is 1. The van der Waals surface area contributed by atoms with Crippen molar-refractivity contribution in [1.29, 1.82) is 0 Å². The Bertz CT molecular complexity index is 356. The molecule has 1 aromatic rings. The van der Waals surface area contributed by atoms with E-state index in [1.165, 1.54) is 12.1 Å². The number of carbonyl (C=O) groups is 1. The number of benzene rings is 1. The van der Waals surface area contributed by atoms with Crippen molar-refractivity contribution in [3.05, 3.63) is 29.6 Å². The quantitative estimate of drug-likeness (QED) is 0.399. The summed E-state index contributed by atoms with van der Waals surface area (Å²) in [4.78, 5) is 9.93. The molecule has 3 heteroatoms. The molecule has 1 rings (SSSR count). The first-order valence-corrected chi connectivity index (χ1v) is 3.71. The summed E-state index contributed by atoms with van der Waals surface area (Å²) in [5, 5.41) is 0. The Morgan fingerprint density at radius 2 is 2.23 bits per heavy atom. The number of nitrogen functional groups attached to an aromatic ring is 1. The Labute approximate surface area is 75.6 Å². The van der Waals surface area contributed by atoms with Crippen LogP contribution in [0.25, 0.3) is 0 Å². The van der Waals surface area contributed by atoms with Crippen molar-refractivity contribution < 1.29 is 9.18 Å². The molecular weight excluding hydrogens is 169 g/mol. The highest BCUT2D eigenvalue weighted by Gasteiger charge is 1.94. The summed E-state index contributed by atoms with van der Waals surface area (Å²) in [6.07, 6.45) is 0.839. The zero-order chi connectivity index (χ0) is 9.68. The van der Waals surface area contributed by atoms with Gasteiger partial charge in [0, 0.05) is 11.3 Å². The van der Waals surface area contributed by atoms with Gasteiger partial charge in [0.1, 0.15) is 12.1 Å². The van der Waals surface area contributed by atoms with Crippen LogP contribution in [0.15, 0.2) is 18.2 Å². The maximum atomic E-state index is 12.7. The third-order valence-corrected chi connectivity index (χ3v) is 1.34. The van der Waals surface area contributed by atoms with Gasteiger partial charge in [-0.05, 0) is 18.2 Å². The van der Waals surface area contributed by atoms with Crippen molar-refractivity contribution in [2.75, 3.05) is 5.73 Å². The van der Waals surface area contributed by atoms with Gasteiger partial charge in [0.25, 0.3) is 0 Å². The van der Waals surface area contributed by atoms with Crippen molar-refractivity contribution in [2.45, 2.75) is 6.42 Å². The minimum absolute atomic E-state index is 0.149. The summed E-state index contributed by atoms with van der Waals surface area (Å²) in [5.74, 6) is 4.77. The fourth-order valence-electron chi connectivity index (χ4n) is 0.879. The molecule has 0 unspecified atom stereocenters. The van der Waals surface area contributed by atoms with Crippen molar-refractivity contribution in [3.63, 3.8) is 0 Å². The lowest BCUT2D eigenvalue weighted by atomic mass is 10.2. The third kappa shape index (κ3) is 2.96. The lowest BCUT2D eigenvalue weighted by Crippen LogP contribution is -1.88. The van der Waals surface area contributed by atoms with Gasteiger partial charge in [-0.3, -0.25) is 0 Å². The predicted octanol–water partition coefficient (Wildman–Crippen LogP) is 1.35. The summed E-state index contributed by atoms with van der Waals surface area (Å²) in [7, 11) is 0. The smallest absolute Gasteiger partial charge is 0.131 e. The van der Waals surface area contributed by atoms with Crippen molar-refractivity contribution in [1.82, 2.24) is 0 Å². The standard InChI is InChI=1S/C10H8FNO/c11-9-5-8(3-1-2-4-13)6-10(12)7-9/h4-7H,2,12H2. The van der Waals surface area contributed by atoms with Crippen LogP contribution in [0.2, 0.25) is 0 Å². The van der Waals surface area contributed by atoms with E-state index >= 15 is 0 Å². The number of aldehydes is 1. The second-order valence-corrected chi connectivity index (χ2v) is 2.45. The van der Waals surface area contributed by atoms with Crippen LogP contribution in [-0.2, 0) is 4.79 Å². The molecule has 2 nitrogen and oxygen atoms in total. The van der Waals surface area contributed by atoms with Gasteiger partial charge in [0.2, 0.25) is 0 Å². The monoisotopic (exact) mass is 177 g/mol. The number of hydrogen-bond acceptors (Lipinski definition) is 2. The molecule has 0 atom stereocenters. The van der Waals surface area contributed by atoms with Gasteiger partial charge in [-0.2, -0.15) is 0 Å². The second-order valence-electron chi connectivity index (χ2n) is 2.45. The Hall–Kier alpha value is -1.82. The summed E-state index contributed by atoms with van der Waals surface area (Å²) in [6.45, 7) is 0. The molecule has 1 aromatic carbocycles. The first-order valence-electron chi connectivity index (χ1n) is 3.71. The second kappa shape index (κ2) is 4.27. The van der Waals surface area contributed by atoms with E-state index < -0.39 is 5.82 Å². The van der Waals surface area contributed by atoms with Crippen molar-refractivity contribution in [2.24, 2.45) is 0 Å². The van der Waals surface area contributed by atoms with E-state index in [9.17, 15) is 9.18 Å². The highest BCUT2D eigenvalue weighted by Crippen LogP contribution is 2.09. The van der Waals surface area contributed by atoms with E-state index in [0.29, 0.717) is 17.5 Å². The normalized spacial score (nSPS) is 8.69. The molecular formula is C10H8FNO. The number of halogens is 1. The first kappa shape index (κ1) is 9.27. The van der Waals surface area contributed by atoms with Crippen LogP contribution in [0, 0.1) is 17.7 Å². The molecule has 0 saturated carbocycles. The summed E-state index contributed by atoms with van der Waals surface area (Å²) in [5.41, 5.74) is 6.20.